The van der Waals surface area contributed by atoms with E-state index in [2.05, 4.69) is 25.2 Å². The van der Waals surface area contributed by atoms with Crippen LogP contribution in [0.3, 0.4) is 0 Å². The largest absolute Gasteiger partial charge is 0.361 e. The van der Waals surface area contributed by atoms with E-state index in [1.807, 2.05) is 12.3 Å². The molecule has 0 atom stereocenters. The molecule has 1 aliphatic rings. The summed E-state index contributed by atoms with van der Waals surface area (Å²) in [5.41, 5.74) is 2.26. The molecule has 0 aromatic carbocycles. The zero-order chi connectivity index (χ0) is 8.97. The Morgan fingerprint density at radius 2 is 2.17 bits per heavy atom. The number of rotatable bonds is 2. The number of hydrogen-bond acceptors (Lipinski definition) is 2. The molecule has 0 fully saturated rings. The Morgan fingerprint density at radius 1 is 1.42 bits per heavy atom. The lowest BCUT2D eigenvalue weighted by atomic mass is 10.0. The molecule has 2 nitrogen and oxygen atoms in total. The summed E-state index contributed by atoms with van der Waals surface area (Å²) < 4.78 is 0. The van der Waals surface area contributed by atoms with Crippen molar-refractivity contribution in [1.29, 1.82) is 5.41 Å². The van der Waals surface area contributed by atoms with Gasteiger partial charge in [0.2, 0.25) is 0 Å². The Labute approximate surface area is 73.2 Å². The van der Waals surface area contributed by atoms with E-state index in [0.29, 0.717) is 5.92 Å². The third kappa shape index (κ3) is 2.09. The van der Waals surface area contributed by atoms with Crippen molar-refractivity contribution in [2.24, 2.45) is 5.92 Å². The lowest BCUT2D eigenvalue weighted by Crippen LogP contribution is -2.10. The Bertz CT molecular complexity index is 257. The van der Waals surface area contributed by atoms with E-state index < -0.39 is 0 Å². The van der Waals surface area contributed by atoms with Crippen LogP contribution in [-0.4, -0.2) is 6.21 Å². The second-order valence-corrected chi connectivity index (χ2v) is 3.07. The molecule has 2 N–H and O–H groups in total. The van der Waals surface area contributed by atoms with Gasteiger partial charge in [0.15, 0.2) is 0 Å². The molecular weight excluding hydrogens is 148 g/mol. The standard InChI is InChI=1S/C10H14N2/c1-8(2)9-3-4-10(5-6-11)12-7-9/h3-8,11-12H,1-2H3/b10-5-,11-6?. The number of dihydropyridines is 1. The highest BCUT2D eigenvalue weighted by Gasteiger charge is 2.02. The van der Waals surface area contributed by atoms with Crippen molar-refractivity contribution in [3.8, 4) is 0 Å². The van der Waals surface area contributed by atoms with Crippen molar-refractivity contribution in [2.75, 3.05) is 0 Å². The second-order valence-electron chi connectivity index (χ2n) is 3.07. The van der Waals surface area contributed by atoms with Crippen LogP contribution in [0.15, 0.2) is 35.7 Å². The molecule has 12 heavy (non-hydrogen) atoms. The molecule has 1 aliphatic heterocycles. The summed E-state index contributed by atoms with van der Waals surface area (Å²) in [6.45, 7) is 4.31. The molecule has 0 amide bonds. The Balaban J connectivity index is 2.67. The highest BCUT2D eigenvalue weighted by Crippen LogP contribution is 2.14. The average Bonchev–Trinajstić information content (AvgIpc) is 2.06. The van der Waals surface area contributed by atoms with Crippen molar-refractivity contribution in [3.63, 3.8) is 0 Å². The van der Waals surface area contributed by atoms with E-state index in [-0.39, 0.29) is 0 Å². The number of nitrogens with one attached hydrogen (secondary N) is 2. The van der Waals surface area contributed by atoms with Crippen LogP contribution in [0.4, 0.5) is 0 Å². The van der Waals surface area contributed by atoms with Gasteiger partial charge in [-0.05, 0) is 23.6 Å². The minimum Gasteiger partial charge on any atom is -0.361 e. The lowest BCUT2D eigenvalue weighted by molar-refractivity contribution is 0.776. The van der Waals surface area contributed by atoms with E-state index >= 15 is 0 Å². The normalized spacial score (nSPS) is 19.2. The maximum absolute atomic E-state index is 6.88. The number of hydrogen-bond donors (Lipinski definition) is 2. The molecule has 0 radical (unpaired) electrons. The third-order valence-electron chi connectivity index (χ3n) is 1.79. The Morgan fingerprint density at radius 3 is 2.58 bits per heavy atom. The molecule has 64 valence electrons. The molecule has 0 saturated carbocycles. The zero-order valence-electron chi connectivity index (χ0n) is 7.46. The topological polar surface area (TPSA) is 35.9 Å². The van der Waals surface area contributed by atoms with E-state index in [1.54, 1.807) is 6.08 Å². The van der Waals surface area contributed by atoms with E-state index in [9.17, 15) is 0 Å². The van der Waals surface area contributed by atoms with Gasteiger partial charge >= 0.3 is 0 Å². The van der Waals surface area contributed by atoms with Gasteiger partial charge in [-0.3, -0.25) is 0 Å². The summed E-state index contributed by atoms with van der Waals surface area (Å²) in [5, 5.41) is 9.99. The monoisotopic (exact) mass is 162 g/mol. The van der Waals surface area contributed by atoms with Crippen LogP contribution < -0.4 is 5.32 Å². The molecule has 1 heterocycles. The minimum atomic E-state index is 0.551. The first-order valence-corrected chi connectivity index (χ1v) is 4.09. The molecule has 2 heteroatoms. The zero-order valence-corrected chi connectivity index (χ0v) is 7.46. The summed E-state index contributed by atoms with van der Waals surface area (Å²) >= 11 is 0. The van der Waals surface area contributed by atoms with E-state index in [1.165, 1.54) is 11.8 Å². The van der Waals surface area contributed by atoms with E-state index in [4.69, 9.17) is 5.41 Å². The molecule has 0 aromatic heterocycles. The van der Waals surface area contributed by atoms with Gasteiger partial charge in [0.25, 0.3) is 0 Å². The molecule has 0 saturated heterocycles. The maximum Gasteiger partial charge on any atom is 0.0395 e. The van der Waals surface area contributed by atoms with Crippen LogP contribution >= 0.6 is 0 Å². The van der Waals surface area contributed by atoms with Gasteiger partial charge in [0.05, 0.1) is 0 Å². The molecular formula is C10H14N2. The highest BCUT2D eigenvalue weighted by molar-refractivity contribution is 5.70. The molecule has 0 bridgehead atoms. The Kier molecular flexibility index (Phi) is 2.86. The highest BCUT2D eigenvalue weighted by atomic mass is 14.9. The predicted octanol–water partition coefficient (Wildman–Crippen LogP) is 2.22. The first-order chi connectivity index (χ1) is 5.74. The smallest absolute Gasteiger partial charge is 0.0395 e. The first kappa shape index (κ1) is 8.78. The van der Waals surface area contributed by atoms with Crippen LogP contribution in [-0.2, 0) is 0 Å². The molecule has 0 unspecified atom stereocenters. The van der Waals surface area contributed by atoms with Crippen molar-refractivity contribution < 1.29 is 0 Å². The summed E-state index contributed by atoms with van der Waals surface area (Å²) in [5.74, 6) is 0.551. The van der Waals surface area contributed by atoms with Crippen LogP contribution in [0.1, 0.15) is 13.8 Å². The number of allylic oxidation sites excluding steroid dienone is 4. The summed E-state index contributed by atoms with van der Waals surface area (Å²) in [6.07, 6.45) is 9.06. The predicted molar refractivity (Wildman–Crippen MR) is 52.1 cm³/mol. The van der Waals surface area contributed by atoms with Crippen molar-refractivity contribution in [2.45, 2.75) is 13.8 Å². The van der Waals surface area contributed by atoms with Gasteiger partial charge in [0, 0.05) is 18.1 Å². The molecule has 0 aliphatic carbocycles. The van der Waals surface area contributed by atoms with Crippen LogP contribution in [0.25, 0.3) is 0 Å². The second kappa shape index (κ2) is 3.90. The Hall–Kier alpha value is -1.31. The van der Waals surface area contributed by atoms with Crippen LogP contribution in [0.5, 0.6) is 0 Å². The molecule has 1 rings (SSSR count). The fraction of sp³-hybridized carbons (Fsp3) is 0.300. The van der Waals surface area contributed by atoms with Gasteiger partial charge < -0.3 is 10.7 Å². The SMILES string of the molecule is CC(C)C1=CN/C(=C\C=N)C=C1. The van der Waals surface area contributed by atoms with Crippen molar-refractivity contribution >= 4 is 6.21 Å². The minimum absolute atomic E-state index is 0.551. The van der Waals surface area contributed by atoms with E-state index in [0.717, 1.165) is 5.70 Å². The molecule has 0 aromatic rings. The quantitative estimate of drug-likeness (QED) is 0.600. The van der Waals surface area contributed by atoms with Gasteiger partial charge in [0.1, 0.15) is 0 Å². The van der Waals surface area contributed by atoms with Crippen molar-refractivity contribution in [3.05, 3.63) is 35.7 Å². The van der Waals surface area contributed by atoms with Crippen LogP contribution in [0.2, 0.25) is 0 Å². The summed E-state index contributed by atoms with van der Waals surface area (Å²) in [6, 6.07) is 0. The van der Waals surface area contributed by atoms with Gasteiger partial charge in [-0.2, -0.15) is 0 Å². The fourth-order valence-electron chi connectivity index (χ4n) is 1.00. The van der Waals surface area contributed by atoms with Gasteiger partial charge in [-0.1, -0.05) is 19.9 Å². The summed E-state index contributed by atoms with van der Waals surface area (Å²) in [4.78, 5) is 0. The molecule has 0 spiro atoms. The maximum atomic E-state index is 6.88. The average molecular weight is 162 g/mol. The first-order valence-electron chi connectivity index (χ1n) is 4.09. The summed E-state index contributed by atoms with van der Waals surface area (Å²) in [7, 11) is 0. The van der Waals surface area contributed by atoms with Crippen molar-refractivity contribution in [1.82, 2.24) is 5.32 Å². The van der Waals surface area contributed by atoms with Gasteiger partial charge in [-0.15, -0.1) is 0 Å². The van der Waals surface area contributed by atoms with Gasteiger partial charge in [-0.25, -0.2) is 0 Å². The fourth-order valence-corrected chi connectivity index (χ4v) is 1.00. The lowest BCUT2D eigenvalue weighted by Gasteiger charge is -2.13. The third-order valence-corrected chi connectivity index (χ3v) is 1.79. The van der Waals surface area contributed by atoms with Crippen LogP contribution in [0, 0.1) is 11.3 Å².